The molecule has 4 rings (SSSR count). The first-order valence-corrected chi connectivity index (χ1v) is 14.0. The molecule has 4 N–H and O–H groups in total. The van der Waals surface area contributed by atoms with Gasteiger partial charge in [-0.3, -0.25) is 14.4 Å². The number of ether oxygens (including phenoxy) is 1. The van der Waals surface area contributed by atoms with Gasteiger partial charge in [0.1, 0.15) is 11.5 Å². The van der Waals surface area contributed by atoms with Crippen LogP contribution in [0.15, 0.2) is 71.6 Å². The maximum absolute atomic E-state index is 13.4. The van der Waals surface area contributed by atoms with Crippen LogP contribution in [0.2, 0.25) is 0 Å². The van der Waals surface area contributed by atoms with E-state index >= 15 is 0 Å². The van der Waals surface area contributed by atoms with Gasteiger partial charge in [0.25, 0.3) is 10.0 Å². The van der Waals surface area contributed by atoms with E-state index in [-0.39, 0.29) is 42.2 Å². The van der Waals surface area contributed by atoms with Crippen LogP contribution < -0.4 is 20.1 Å². The topological polar surface area (TPSA) is 146 Å². The summed E-state index contributed by atoms with van der Waals surface area (Å²) in [4.78, 5) is 23.4. The molecule has 0 bridgehead atoms. The number of phenolic OH excluding ortho intramolecular Hbond substituents is 1. The lowest BCUT2D eigenvalue weighted by molar-refractivity contribution is -0.117. The second-order valence-electron chi connectivity index (χ2n) is 9.73. The number of fused-ring (bicyclic) bond motifs is 1. The summed E-state index contributed by atoms with van der Waals surface area (Å²) in [7, 11) is -0.822. The van der Waals surface area contributed by atoms with Crippen molar-refractivity contribution in [2.24, 2.45) is 5.92 Å². The van der Waals surface area contributed by atoms with E-state index in [1.54, 1.807) is 42.5 Å². The number of amides is 1. The molecule has 0 aliphatic heterocycles. The average Bonchev–Trinajstić information content (AvgIpc) is 2.88. The van der Waals surface area contributed by atoms with Crippen LogP contribution in [0, 0.1) is 5.92 Å². The van der Waals surface area contributed by atoms with Gasteiger partial charge in [-0.2, -0.15) is 0 Å². The molecular weight excluding hydrogens is 544 g/mol. The van der Waals surface area contributed by atoms with Crippen LogP contribution in [0.3, 0.4) is 0 Å². The van der Waals surface area contributed by atoms with E-state index in [4.69, 9.17) is 4.74 Å². The average molecular weight is 581 g/mol. The molecule has 0 radical (unpaired) electrons. The number of carbonyl (C=O) groups excluding carboxylic acids is 1. The highest BCUT2D eigenvalue weighted by atomic mass is 32.2. The van der Waals surface area contributed by atoms with E-state index in [1.807, 2.05) is 11.9 Å². The highest BCUT2D eigenvalue weighted by Gasteiger charge is 2.20. The molecule has 1 amide bonds. The molecule has 0 saturated carbocycles. The standard InChI is InChI=1S/C28H32N6O5S.CH4/c1-18(2)16-34(3)17-26(36)29-19-8-7-9-23(14-19)40(37,38)33-28-27(31-24-10-5-6-11-25(24)32-28)30-20-12-21(35)15-22(13-20)39-4;/h5-15,18,35H,16-17H2,1-4H3,(H,29,36)(H,30,31)(H,32,33);1H4. The Kier molecular flexibility index (Phi) is 10.1. The Morgan fingerprint density at radius 1 is 0.976 bits per heavy atom. The summed E-state index contributed by atoms with van der Waals surface area (Å²) in [6.45, 7) is 5.06. The molecule has 218 valence electrons. The first-order chi connectivity index (χ1) is 19.0. The van der Waals surface area contributed by atoms with Gasteiger partial charge in [0.15, 0.2) is 11.6 Å². The number of hydrogen-bond donors (Lipinski definition) is 4. The minimum atomic E-state index is -4.14. The number of para-hydroxylation sites is 2. The number of hydrogen-bond acceptors (Lipinski definition) is 9. The van der Waals surface area contributed by atoms with Crippen molar-refractivity contribution in [2.45, 2.75) is 26.2 Å². The van der Waals surface area contributed by atoms with Crippen molar-refractivity contribution < 1.29 is 23.1 Å². The van der Waals surface area contributed by atoms with Gasteiger partial charge < -0.3 is 20.5 Å². The molecule has 0 unspecified atom stereocenters. The van der Waals surface area contributed by atoms with Gasteiger partial charge in [-0.25, -0.2) is 18.4 Å². The van der Waals surface area contributed by atoms with Gasteiger partial charge in [0.05, 0.1) is 29.6 Å². The van der Waals surface area contributed by atoms with Crippen LogP contribution in [0.5, 0.6) is 11.5 Å². The molecule has 0 saturated heterocycles. The van der Waals surface area contributed by atoms with Gasteiger partial charge in [-0.05, 0) is 43.3 Å². The van der Waals surface area contributed by atoms with Crippen molar-refractivity contribution >= 4 is 50.0 Å². The van der Waals surface area contributed by atoms with Crippen molar-refractivity contribution in [3.63, 3.8) is 0 Å². The summed E-state index contributed by atoms with van der Waals surface area (Å²) >= 11 is 0. The van der Waals surface area contributed by atoms with Gasteiger partial charge in [-0.15, -0.1) is 0 Å². The summed E-state index contributed by atoms with van der Waals surface area (Å²) in [6.07, 6.45) is 0. The fraction of sp³-hybridized carbons (Fsp3) is 0.276. The van der Waals surface area contributed by atoms with E-state index in [0.717, 1.165) is 6.54 Å². The molecule has 1 heterocycles. The number of likely N-dealkylation sites (N-methyl/N-ethyl adjacent to an activating group) is 1. The number of nitrogens with zero attached hydrogens (tertiary/aromatic N) is 3. The minimum absolute atomic E-state index is 0. The molecule has 3 aromatic carbocycles. The van der Waals surface area contributed by atoms with Crippen molar-refractivity contribution in [3.05, 3.63) is 66.7 Å². The first-order valence-electron chi connectivity index (χ1n) is 12.6. The van der Waals surface area contributed by atoms with Crippen LogP contribution in [0.1, 0.15) is 21.3 Å². The summed E-state index contributed by atoms with van der Waals surface area (Å²) in [5.41, 5.74) is 1.77. The lowest BCUT2D eigenvalue weighted by atomic mass is 10.2. The smallest absolute Gasteiger partial charge is 0.263 e. The Balaban J connectivity index is 0.00000462. The van der Waals surface area contributed by atoms with Crippen LogP contribution in [0.4, 0.5) is 23.0 Å². The van der Waals surface area contributed by atoms with Gasteiger partial charge >= 0.3 is 0 Å². The van der Waals surface area contributed by atoms with Crippen molar-refractivity contribution in [2.75, 3.05) is 42.6 Å². The van der Waals surface area contributed by atoms with Gasteiger partial charge in [0.2, 0.25) is 5.91 Å². The summed E-state index contributed by atoms with van der Waals surface area (Å²) in [6, 6.07) is 17.5. The van der Waals surface area contributed by atoms with E-state index < -0.39 is 10.0 Å². The van der Waals surface area contributed by atoms with Crippen molar-refractivity contribution in [1.82, 2.24) is 14.9 Å². The lowest BCUT2D eigenvalue weighted by Gasteiger charge is -2.18. The number of rotatable bonds is 11. The highest BCUT2D eigenvalue weighted by Crippen LogP contribution is 2.31. The predicted octanol–water partition coefficient (Wildman–Crippen LogP) is 5.05. The number of methoxy groups -OCH3 is 1. The second kappa shape index (κ2) is 13.3. The summed E-state index contributed by atoms with van der Waals surface area (Å²) in [5.74, 6) is 0.571. The van der Waals surface area contributed by atoms with E-state index in [1.165, 1.54) is 31.4 Å². The summed E-state index contributed by atoms with van der Waals surface area (Å²) in [5, 5.41) is 15.8. The predicted molar refractivity (Wildman–Crippen MR) is 162 cm³/mol. The molecule has 41 heavy (non-hydrogen) atoms. The number of sulfonamides is 1. The van der Waals surface area contributed by atoms with E-state index in [9.17, 15) is 18.3 Å². The van der Waals surface area contributed by atoms with Crippen LogP contribution in [-0.4, -0.2) is 61.5 Å². The maximum Gasteiger partial charge on any atom is 0.263 e. The molecule has 4 aromatic rings. The van der Waals surface area contributed by atoms with Gasteiger partial charge in [0, 0.05) is 36.1 Å². The number of aromatic hydroxyl groups is 1. The Morgan fingerprint density at radius 3 is 2.32 bits per heavy atom. The Hall–Kier alpha value is -4.42. The molecule has 0 aliphatic carbocycles. The number of nitrogens with one attached hydrogen (secondary N) is 3. The third kappa shape index (κ3) is 8.29. The van der Waals surface area contributed by atoms with Crippen molar-refractivity contribution in [3.8, 4) is 11.5 Å². The number of aromatic nitrogens is 2. The van der Waals surface area contributed by atoms with Crippen LogP contribution >= 0.6 is 0 Å². The maximum atomic E-state index is 13.4. The fourth-order valence-corrected chi connectivity index (χ4v) is 5.18. The molecular formula is C29H36N6O5S. The highest BCUT2D eigenvalue weighted by molar-refractivity contribution is 7.92. The monoisotopic (exact) mass is 580 g/mol. The zero-order valence-electron chi connectivity index (χ0n) is 22.7. The molecule has 0 atom stereocenters. The number of carbonyl (C=O) groups is 1. The number of benzene rings is 3. The van der Waals surface area contributed by atoms with Crippen LogP contribution in [-0.2, 0) is 14.8 Å². The van der Waals surface area contributed by atoms with E-state index in [0.29, 0.717) is 34.1 Å². The Morgan fingerprint density at radius 2 is 1.66 bits per heavy atom. The zero-order valence-corrected chi connectivity index (χ0v) is 23.5. The second-order valence-corrected chi connectivity index (χ2v) is 11.4. The van der Waals surface area contributed by atoms with E-state index in [2.05, 4.69) is 39.2 Å². The Bertz CT molecular complexity index is 1630. The normalized spacial score (nSPS) is 11.3. The lowest BCUT2D eigenvalue weighted by Crippen LogP contribution is -2.32. The minimum Gasteiger partial charge on any atom is -0.508 e. The largest absolute Gasteiger partial charge is 0.508 e. The molecule has 1 aromatic heterocycles. The number of phenols is 1. The summed E-state index contributed by atoms with van der Waals surface area (Å²) < 4.78 is 34.6. The first kappa shape index (κ1) is 31.1. The molecule has 0 spiro atoms. The van der Waals surface area contributed by atoms with Crippen LogP contribution in [0.25, 0.3) is 11.0 Å². The fourth-order valence-electron chi connectivity index (χ4n) is 4.13. The zero-order chi connectivity index (χ0) is 28.9. The molecule has 0 fully saturated rings. The van der Waals surface area contributed by atoms with Crippen molar-refractivity contribution in [1.29, 1.82) is 0 Å². The molecule has 0 aliphatic rings. The molecule has 11 nitrogen and oxygen atoms in total. The SMILES string of the molecule is C.COc1cc(O)cc(Nc2nc3ccccc3nc2NS(=O)(=O)c2cccc(NC(=O)CN(C)CC(C)C)c2)c1. The molecule has 12 heteroatoms. The Labute approximate surface area is 240 Å². The number of anilines is 4. The third-order valence-electron chi connectivity index (χ3n) is 5.71. The third-order valence-corrected chi connectivity index (χ3v) is 7.05. The quantitative estimate of drug-likeness (QED) is 0.191. The van der Waals surface area contributed by atoms with Gasteiger partial charge in [-0.1, -0.05) is 39.5 Å².